The fourth-order valence-corrected chi connectivity index (χ4v) is 1.90. The van der Waals surface area contributed by atoms with E-state index in [0.29, 0.717) is 10.8 Å². The maximum Gasteiger partial charge on any atom is 0.305 e. The average Bonchev–Trinajstić information content (AvgIpc) is 2.43. The molecule has 6 nitrogen and oxygen atoms in total. The largest absolute Gasteiger partial charge is 0.481 e. The molecule has 0 unspecified atom stereocenters. The monoisotopic (exact) mass is 274 g/mol. The highest BCUT2D eigenvalue weighted by atomic mass is 16.4. The third-order valence-electron chi connectivity index (χ3n) is 2.99. The van der Waals surface area contributed by atoms with Gasteiger partial charge in [-0.1, -0.05) is 18.2 Å². The number of aliphatic carboxylic acids is 1. The van der Waals surface area contributed by atoms with Crippen LogP contribution >= 0.6 is 0 Å². The molecule has 0 aliphatic heterocycles. The molecule has 0 bridgehead atoms. The zero-order chi connectivity index (χ0) is 14.7. The number of nitrogens with one attached hydrogen (secondary N) is 1. The smallest absolute Gasteiger partial charge is 0.305 e. The number of carboxylic acids is 1. The van der Waals surface area contributed by atoms with Gasteiger partial charge in [-0.3, -0.25) is 14.4 Å². The summed E-state index contributed by atoms with van der Waals surface area (Å²) in [6.07, 6.45) is -0.139. The van der Waals surface area contributed by atoms with Crippen LogP contribution in [0.4, 0.5) is 0 Å². The van der Waals surface area contributed by atoms with Gasteiger partial charge in [0, 0.05) is 19.0 Å². The topological polar surface area (TPSA) is 90.5 Å². The molecule has 104 valence electrons. The number of carbonyl (C=O) groups excluding carboxylic acids is 1. The van der Waals surface area contributed by atoms with Crippen molar-refractivity contribution in [2.45, 2.75) is 6.42 Å². The van der Waals surface area contributed by atoms with Crippen molar-refractivity contribution in [3.8, 4) is 0 Å². The highest BCUT2D eigenvalue weighted by molar-refractivity contribution is 5.96. The standard InChI is InChI=1S/C14H14N2O4/c1-16(7-6-12(17)18)14(20)11-8-9-4-2-3-5-10(9)13(19)15-11/h2-5,8H,6-7H2,1H3,(H,15,19)(H,17,18). The Kier molecular flexibility index (Phi) is 3.84. The molecular formula is C14H14N2O4. The number of pyridine rings is 1. The predicted molar refractivity (Wildman–Crippen MR) is 73.8 cm³/mol. The summed E-state index contributed by atoms with van der Waals surface area (Å²) in [5, 5.41) is 9.79. The van der Waals surface area contributed by atoms with Crippen LogP contribution in [0.5, 0.6) is 0 Å². The van der Waals surface area contributed by atoms with Crippen LogP contribution in [0.1, 0.15) is 16.9 Å². The summed E-state index contributed by atoms with van der Waals surface area (Å²) in [6.45, 7) is 0.0863. The Bertz CT molecular complexity index is 720. The molecule has 0 spiro atoms. The number of aromatic amines is 1. The fraction of sp³-hybridized carbons (Fsp3) is 0.214. The van der Waals surface area contributed by atoms with Gasteiger partial charge in [0.05, 0.1) is 6.42 Å². The minimum absolute atomic E-state index is 0.0863. The molecule has 2 rings (SSSR count). The number of aromatic nitrogens is 1. The van der Waals surface area contributed by atoms with E-state index in [0.717, 1.165) is 0 Å². The maximum absolute atomic E-state index is 12.1. The fourth-order valence-electron chi connectivity index (χ4n) is 1.90. The first-order valence-electron chi connectivity index (χ1n) is 6.08. The van der Waals surface area contributed by atoms with Crippen LogP contribution in [-0.2, 0) is 4.79 Å². The number of nitrogens with zero attached hydrogens (tertiary/aromatic N) is 1. The second kappa shape index (κ2) is 5.56. The van der Waals surface area contributed by atoms with Crippen molar-refractivity contribution in [1.29, 1.82) is 0 Å². The zero-order valence-corrected chi connectivity index (χ0v) is 10.9. The summed E-state index contributed by atoms with van der Waals surface area (Å²) < 4.78 is 0. The number of fused-ring (bicyclic) bond motifs is 1. The summed E-state index contributed by atoms with van der Waals surface area (Å²) >= 11 is 0. The summed E-state index contributed by atoms with van der Waals surface area (Å²) in [4.78, 5) is 38.3. The van der Waals surface area contributed by atoms with Crippen LogP contribution in [0.15, 0.2) is 35.1 Å². The van der Waals surface area contributed by atoms with Crippen molar-refractivity contribution in [2.75, 3.05) is 13.6 Å². The first-order chi connectivity index (χ1) is 9.49. The Morgan fingerprint density at radius 1 is 1.30 bits per heavy atom. The first-order valence-corrected chi connectivity index (χ1v) is 6.08. The van der Waals surface area contributed by atoms with Crippen molar-refractivity contribution in [2.24, 2.45) is 0 Å². The van der Waals surface area contributed by atoms with Gasteiger partial charge in [-0.15, -0.1) is 0 Å². The number of carbonyl (C=O) groups is 2. The number of hydrogen-bond donors (Lipinski definition) is 2. The van der Waals surface area contributed by atoms with Gasteiger partial charge in [0.25, 0.3) is 11.5 Å². The van der Waals surface area contributed by atoms with E-state index in [1.165, 1.54) is 11.9 Å². The highest BCUT2D eigenvalue weighted by Gasteiger charge is 2.14. The molecule has 1 aromatic heterocycles. The third-order valence-corrected chi connectivity index (χ3v) is 2.99. The van der Waals surface area contributed by atoms with Crippen molar-refractivity contribution in [3.63, 3.8) is 0 Å². The lowest BCUT2D eigenvalue weighted by Crippen LogP contribution is -2.31. The van der Waals surface area contributed by atoms with Gasteiger partial charge in [0.1, 0.15) is 5.69 Å². The van der Waals surface area contributed by atoms with Gasteiger partial charge in [-0.2, -0.15) is 0 Å². The molecule has 1 heterocycles. The normalized spacial score (nSPS) is 10.4. The Hall–Kier alpha value is -2.63. The summed E-state index contributed by atoms with van der Waals surface area (Å²) in [6, 6.07) is 8.55. The zero-order valence-electron chi connectivity index (χ0n) is 10.9. The van der Waals surface area contributed by atoms with Crippen LogP contribution in [0.3, 0.4) is 0 Å². The van der Waals surface area contributed by atoms with E-state index in [-0.39, 0.29) is 24.2 Å². The van der Waals surface area contributed by atoms with Crippen LogP contribution in [0.2, 0.25) is 0 Å². The molecule has 2 N–H and O–H groups in total. The van der Waals surface area contributed by atoms with E-state index in [1.807, 2.05) is 0 Å². The molecule has 1 amide bonds. The average molecular weight is 274 g/mol. The van der Waals surface area contributed by atoms with Gasteiger partial charge in [-0.05, 0) is 17.5 Å². The maximum atomic E-state index is 12.1. The lowest BCUT2D eigenvalue weighted by Gasteiger charge is -2.15. The van der Waals surface area contributed by atoms with Gasteiger partial charge in [0.2, 0.25) is 0 Å². The van der Waals surface area contributed by atoms with Gasteiger partial charge in [0.15, 0.2) is 0 Å². The number of rotatable bonds is 4. The molecule has 0 aliphatic carbocycles. The molecule has 1 aromatic carbocycles. The molecule has 6 heteroatoms. The van der Waals surface area contributed by atoms with E-state index in [4.69, 9.17) is 5.11 Å². The molecule has 0 aliphatic rings. The predicted octanol–water partition coefficient (Wildman–Crippen LogP) is 1.07. The second-order valence-electron chi connectivity index (χ2n) is 4.47. The molecule has 0 atom stereocenters. The molecule has 0 saturated carbocycles. The second-order valence-corrected chi connectivity index (χ2v) is 4.47. The summed E-state index contributed by atoms with van der Waals surface area (Å²) in [5.41, 5.74) is -0.181. The van der Waals surface area contributed by atoms with E-state index < -0.39 is 11.9 Å². The summed E-state index contributed by atoms with van der Waals surface area (Å²) in [5.74, 6) is -1.38. The SMILES string of the molecule is CN(CCC(=O)O)C(=O)c1cc2ccccc2c(=O)[nH]1. The Morgan fingerprint density at radius 2 is 2.00 bits per heavy atom. The Balaban J connectivity index is 2.31. The first kappa shape index (κ1) is 13.8. The molecule has 20 heavy (non-hydrogen) atoms. The number of amides is 1. The summed E-state index contributed by atoms with van der Waals surface area (Å²) in [7, 11) is 1.50. The molecule has 0 saturated heterocycles. The van der Waals surface area contributed by atoms with Crippen LogP contribution in [0.25, 0.3) is 10.8 Å². The number of benzene rings is 1. The van der Waals surface area contributed by atoms with Crippen molar-refractivity contribution < 1.29 is 14.7 Å². The van der Waals surface area contributed by atoms with Crippen LogP contribution < -0.4 is 5.56 Å². The lowest BCUT2D eigenvalue weighted by atomic mass is 10.1. The quantitative estimate of drug-likeness (QED) is 0.872. The van der Waals surface area contributed by atoms with Crippen molar-refractivity contribution in [1.82, 2.24) is 9.88 Å². The molecule has 0 radical (unpaired) electrons. The molecule has 2 aromatic rings. The van der Waals surface area contributed by atoms with Gasteiger partial charge < -0.3 is 15.0 Å². The molecular weight excluding hydrogens is 260 g/mol. The number of H-pyrrole nitrogens is 1. The van der Waals surface area contributed by atoms with E-state index in [2.05, 4.69) is 4.98 Å². The highest BCUT2D eigenvalue weighted by Crippen LogP contribution is 2.11. The van der Waals surface area contributed by atoms with Crippen LogP contribution in [-0.4, -0.2) is 40.5 Å². The van der Waals surface area contributed by atoms with Crippen molar-refractivity contribution in [3.05, 3.63) is 46.4 Å². The Morgan fingerprint density at radius 3 is 2.70 bits per heavy atom. The van der Waals surface area contributed by atoms with Gasteiger partial charge >= 0.3 is 5.97 Å². The molecule has 0 fully saturated rings. The number of carboxylic acid groups (broad SMARTS) is 1. The lowest BCUT2D eigenvalue weighted by molar-refractivity contribution is -0.137. The van der Waals surface area contributed by atoms with Crippen molar-refractivity contribution >= 4 is 22.6 Å². The number of hydrogen-bond acceptors (Lipinski definition) is 3. The third kappa shape index (κ3) is 2.85. The minimum Gasteiger partial charge on any atom is -0.481 e. The van der Waals surface area contributed by atoms with Crippen LogP contribution in [0, 0.1) is 0 Å². The van der Waals surface area contributed by atoms with E-state index in [1.54, 1.807) is 30.3 Å². The Labute approximate surface area is 114 Å². The van der Waals surface area contributed by atoms with E-state index >= 15 is 0 Å². The van der Waals surface area contributed by atoms with Gasteiger partial charge in [-0.25, -0.2) is 0 Å². The van der Waals surface area contributed by atoms with E-state index in [9.17, 15) is 14.4 Å². The minimum atomic E-state index is -0.975.